The molecule has 0 saturated heterocycles. The fourth-order valence-corrected chi connectivity index (χ4v) is 1.60. The van der Waals surface area contributed by atoms with E-state index in [2.05, 4.69) is 12.3 Å². The minimum Gasteiger partial charge on any atom is -0.270 e. The molecular formula is C15H24Cl2N2O. The van der Waals surface area contributed by atoms with Crippen molar-refractivity contribution in [3.63, 3.8) is 0 Å². The predicted molar refractivity (Wildman–Crippen MR) is 87.2 cm³/mol. The van der Waals surface area contributed by atoms with Crippen molar-refractivity contribution in [3.8, 4) is 0 Å². The molecule has 114 valence electrons. The molecule has 0 saturated carbocycles. The number of amides is 1. The molecule has 1 aromatic carbocycles. The highest BCUT2D eigenvalue weighted by Crippen LogP contribution is 2.14. The van der Waals surface area contributed by atoms with E-state index in [0.29, 0.717) is 5.56 Å². The van der Waals surface area contributed by atoms with Crippen molar-refractivity contribution in [3.05, 3.63) is 35.4 Å². The van der Waals surface area contributed by atoms with Crippen LogP contribution >= 0.6 is 24.2 Å². The van der Waals surface area contributed by atoms with E-state index in [1.54, 1.807) is 0 Å². The number of nitrogens with zero attached hydrogens (tertiary/aromatic N) is 1. The average molecular weight is 319 g/mol. The van der Waals surface area contributed by atoms with E-state index in [1.165, 1.54) is 22.9 Å². The maximum absolute atomic E-state index is 12.0. The number of rotatable bonds is 5. The van der Waals surface area contributed by atoms with E-state index < -0.39 is 0 Å². The second-order valence-corrected chi connectivity index (χ2v) is 6.03. The summed E-state index contributed by atoms with van der Waals surface area (Å²) >= 11 is 6.00. The van der Waals surface area contributed by atoms with Crippen molar-refractivity contribution in [2.75, 3.05) is 0 Å². The molecule has 0 spiro atoms. The molecule has 1 rings (SSSR count). The SMILES string of the molecule is CCCCc1ccc(C(=O)NN(Cl)C(C)(C)C)cc1.Cl. The Kier molecular flexibility index (Phi) is 8.17. The van der Waals surface area contributed by atoms with Crippen LogP contribution in [0, 0.1) is 0 Å². The predicted octanol–water partition coefficient (Wildman–Crippen LogP) is 4.35. The quantitative estimate of drug-likeness (QED) is 0.646. The lowest BCUT2D eigenvalue weighted by Crippen LogP contribution is -2.46. The van der Waals surface area contributed by atoms with Crippen LogP contribution in [-0.2, 0) is 6.42 Å². The molecule has 0 unspecified atom stereocenters. The molecular weight excluding hydrogens is 295 g/mol. The third-order valence-corrected chi connectivity index (χ3v) is 3.42. The van der Waals surface area contributed by atoms with E-state index in [4.69, 9.17) is 11.8 Å². The van der Waals surface area contributed by atoms with Gasteiger partial charge in [0.1, 0.15) is 0 Å². The lowest BCUT2D eigenvalue weighted by Gasteiger charge is -2.28. The van der Waals surface area contributed by atoms with Gasteiger partial charge in [-0.3, -0.25) is 10.2 Å². The maximum Gasteiger partial charge on any atom is 0.266 e. The lowest BCUT2D eigenvalue weighted by molar-refractivity contribution is 0.0806. The molecule has 20 heavy (non-hydrogen) atoms. The number of carbonyl (C=O) groups is 1. The van der Waals surface area contributed by atoms with Crippen LogP contribution in [0.15, 0.2) is 24.3 Å². The fourth-order valence-electron chi connectivity index (χ4n) is 1.53. The highest BCUT2D eigenvalue weighted by Gasteiger charge is 2.21. The summed E-state index contributed by atoms with van der Waals surface area (Å²) in [4.78, 5) is 12.0. The highest BCUT2D eigenvalue weighted by atomic mass is 35.5. The summed E-state index contributed by atoms with van der Waals surface area (Å²) in [6, 6.07) is 7.68. The molecule has 1 amide bonds. The third kappa shape index (κ3) is 6.12. The van der Waals surface area contributed by atoms with Gasteiger partial charge in [-0.15, -0.1) is 16.9 Å². The van der Waals surface area contributed by atoms with Crippen molar-refractivity contribution in [2.24, 2.45) is 0 Å². The molecule has 0 atom stereocenters. The molecule has 0 aliphatic heterocycles. The van der Waals surface area contributed by atoms with Gasteiger partial charge in [0.25, 0.3) is 5.91 Å². The Labute approximate surface area is 133 Å². The first-order valence-corrected chi connectivity index (χ1v) is 7.04. The molecule has 0 radical (unpaired) electrons. The van der Waals surface area contributed by atoms with Gasteiger partial charge in [0.15, 0.2) is 0 Å². The monoisotopic (exact) mass is 318 g/mol. The van der Waals surface area contributed by atoms with Crippen molar-refractivity contribution >= 4 is 30.1 Å². The average Bonchev–Trinajstić information content (AvgIpc) is 2.35. The zero-order chi connectivity index (χ0) is 14.5. The van der Waals surface area contributed by atoms with Crippen molar-refractivity contribution in [1.82, 2.24) is 9.95 Å². The van der Waals surface area contributed by atoms with Crippen LogP contribution < -0.4 is 5.43 Å². The first-order chi connectivity index (χ1) is 8.84. The number of benzene rings is 1. The molecule has 0 heterocycles. The standard InChI is InChI=1S/C15H23ClN2O.ClH/c1-5-6-7-12-8-10-13(11-9-12)14(19)17-18(16)15(2,3)4;/h8-11H,5-7H2,1-4H3,(H,17,19);1H. The van der Waals surface area contributed by atoms with Gasteiger partial charge in [0.05, 0.1) is 0 Å². The summed E-state index contributed by atoms with van der Waals surface area (Å²) in [7, 11) is 0. The van der Waals surface area contributed by atoms with Crippen LogP contribution in [0.1, 0.15) is 56.5 Å². The van der Waals surface area contributed by atoms with Gasteiger partial charge in [0.2, 0.25) is 0 Å². The summed E-state index contributed by atoms with van der Waals surface area (Å²) in [5, 5.41) is 0. The molecule has 1 N–H and O–H groups in total. The summed E-state index contributed by atoms with van der Waals surface area (Å²) in [5.74, 6) is -0.188. The normalized spacial score (nSPS) is 11.1. The van der Waals surface area contributed by atoms with Gasteiger partial charge in [-0.25, -0.2) is 0 Å². The van der Waals surface area contributed by atoms with E-state index >= 15 is 0 Å². The second-order valence-electron chi connectivity index (χ2n) is 5.69. The molecule has 0 bridgehead atoms. The zero-order valence-electron chi connectivity index (χ0n) is 12.6. The van der Waals surface area contributed by atoms with Gasteiger partial charge < -0.3 is 0 Å². The number of hydrogen-bond donors (Lipinski definition) is 1. The van der Waals surface area contributed by atoms with Gasteiger partial charge >= 0.3 is 0 Å². The molecule has 0 aromatic heterocycles. The topological polar surface area (TPSA) is 32.3 Å². The lowest BCUT2D eigenvalue weighted by atomic mass is 10.1. The van der Waals surface area contributed by atoms with Crippen molar-refractivity contribution < 1.29 is 4.79 Å². The number of unbranched alkanes of at least 4 members (excludes halogenated alkanes) is 1. The Morgan fingerprint density at radius 1 is 1.25 bits per heavy atom. The highest BCUT2D eigenvalue weighted by molar-refractivity contribution is 6.14. The largest absolute Gasteiger partial charge is 0.270 e. The van der Waals surface area contributed by atoms with Crippen LogP contribution in [0.3, 0.4) is 0 Å². The molecule has 0 aliphatic carbocycles. The first-order valence-electron chi connectivity index (χ1n) is 6.70. The van der Waals surface area contributed by atoms with Gasteiger partial charge in [-0.2, -0.15) is 0 Å². The third-order valence-electron chi connectivity index (χ3n) is 2.82. The summed E-state index contributed by atoms with van der Waals surface area (Å²) in [5.41, 5.74) is 4.22. The number of halogens is 2. The maximum atomic E-state index is 12.0. The number of hydrazine groups is 1. The summed E-state index contributed by atoms with van der Waals surface area (Å²) < 4.78 is 1.31. The Hall–Kier alpha value is -0.770. The molecule has 0 aliphatic rings. The van der Waals surface area contributed by atoms with Crippen molar-refractivity contribution in [2.45, 2.75) is 52.5 Å². The van der Waals surface area contributed by atoms with E-state index in [0.717, 1.165) is 6.42 Å². The number of aryl methyl sites for hydroxylation is 1. The summed E-state index contributed by atoms with van der Waals surface area (Å²) in [6.45, 7) is 7.94. The van der Waals surface area contributed by atoms with E-state index in [9.17, 15) is 4.79 Å². The Morgan fingerprint density at radius 2 is 1.80 bits per heavy atom. The molecule has 5 heteroatoms. The number of carbonyl (C=O) groups excluding carboxylic acids is 1. The fraction of sp³-hybridized carbons (Fsp3) is 0.533. The van der Waals surface area contributed by atoms with Gasteiger partial charge in [-0.05, 0) is 51.3 Å². The van der Waals surface area contributed by atoms with Gasteiger partial charge in [0, 0.05) is 22.9 Å². The Bertz CT molecular complexity index is 413. The molecule has 3 nitrogen and oxygen atoms in total. The Morgan fingerprint density at radius 3 is 2.25 bits per heavy atom. The zero-order valence-corrected chi connectivity index (χ0v) is 14.1. The minimum absolute atomic E-state index is 0. The molecule has 0 fully saturated rings. The van der Waals surface area contributed by atoms with Crippen LogP contribution in [-0.4, -0.2) is 16.0 Å². The number of nitrogens with one attached hydrogen (secondary N) is 1. The van der Waals surface area contributed by atoms with Crippen LogP contribution in [0.25, 0.3) is 0 Å². The smallest absolute Gasteiger partial charge is 0.266 e. The van der Waals surface area contributed by atoms with Crippen LogP contribution in [0.5, 0.6) is 0 Å². The van der Waals surface area contributed by atoms with E-state index in [1.807, 2.05) is 45.0 Å². The van der Waals surface area contributed by atoms with Gasteiger partial charge in [-0.1, -0.05) is 25.5 Å². The number of hydrogen-bond acceptors (Lipinski definition) is 2. The second kappa shape index (κ2) is 8.50. The minimum atomic E-state index is -0.321. The summed E-state index contributed by atoms with van der Waals surface area (Å²) in [6.07, 6.45) is 3.40. The first kappa shape index (κ1) is 19.2. The van der Waals surface area contributed by atoms with Crippen molar-refractivity contribution in [1.29, 1.82) is 0 Å². The molecule has 1 aromatic rings. The Balaban J connectivity index is 0.00000361. The van der Waals surface area contributed by atoms with E-state index in [-0.39, 0.29) is 23.9 Å². The van der Waals surface area contributed by atoms with Crippen LogP contribution in [0.2, 0.25) is 0 Å². The van der Waals surface area contributed by atoms with Crippen LogP contribution in [0.4, 0.5) is 0 Å².